The van der Waals surface area contributed by atoms with Crippen LogP contribution in [0.25, 0.3) is 0 Å². The van der Waals surface area contributed by atoms with Gasteiger partial charge in [0, 0.05) is 17.5 Å². The summed E-state index contributed by atoms with van der Waals surface area (Å²) in [4.78, 5) is 34.7. The van der Waals surface area contributed by atoms with E-state index >= 15 is 0 Å². The van der Waals surface area contributed by atoms with E-state index in [-0.39, 0.29) is 22.7 Å². The molecule has 0 radical (unpaired) electrons. The summed E-state index contributed by atoms with van der Waals surface area (Å²) in [5.41, 5.74) is 6.36. The Bertz CT molecular complexity index is 989. The van der Waals surface area contributed by atoms with Gasteiger partial charge in [-0.3, -0.25) is 14.4 Å². The summed E-state index contributed by atoms with van der Waals surface area (Å²) in [5.74, 6) is -2.73. The van der Waals surface area contributed by atoms with Crippen molar-refractivity contribution in [2.24, 2.45) is 5.73 Å². The Kier molecular flexibility index (Phi) is 7.63. The van der Waals surface area contributed by atoms with E-state index in [1.165, 1.54) is 48.5 Å². The number of nitrogens with two attached hydrogens (primary N) is 1. The fraction of sp³-hybridized carbons (Fsp3) is 0.100. The highest BCUT2D eigenvalue weighted by Gasteiger charge is 2.16. The topological polar surface area (TPSA) is 155 Å². The molecule has 2 aromatic rings. The van der Waals surface area contributed by atoms with Crippen LogP contribution in [0.1, 0.15) is 10.4 Å². The lowest BCUT2D eigenvalue weighted by molar-refractivity contribution is -0.138. The molecule has 2 rings (SSSR count). The number of allylic oxidation sites excluding steroid dienone is 1. The number of carbonyl (C=O) groups excluding carboxylic acids is 2. The van der Waals surface area contributed by atoms with Gasteiger partial charge < -0.3 is 31.6 Å². The standard InChI is InChI=1S/C20H19FN4O5/c21-13-4-6-14(7-5-13)25-20(23)16(9-22)19(29)12-2-1-3-15(8-12)30-11-17(26)24-10-18(27)28/h1-9,22,25H,10-11,23H2,(H,24,26)(H,27,28)/b20-16+,22-9?. The zero-order chi connectivity index (χ0) is 22.1. The van der Waals surface area contributed by atoms with Crippen molar-refractivity contribution in [1.82, 2.24) is 5.32 Å². The van der Waals surface area contributed by atoms with Crippen molar-refractivity contribution in [1.29, 1.82) is 5.41 Å². The van der Waals surface area contributed by atoms with E-state index in [4.69, 9.17) is 21.0 Å². The SMILES string of the molecule is N=C/C(C(=O)c1cccc(OCC(=O)NCC(=O)O)c1)=C(/N)Nc1ccc(F)cc1. The smallest absolute Gasteiger partial charge is 0.322 e. The number of halogens is 1. The molecule has 0 bridgehead atoms. The maximum atomic E-state index is 13.0. The second kappa shape index (κ2) is 10.4. The number of ether oxygens (including phenoxy) is 1. The maximum absolute atomic E-state index is 13.0. The number of aliphatic carboxylic acids is 1. The first-order chi connectivity index (χ1) is 14.3. The molecule has 10 heteroatoms. The molecule has 0 atom stereocenters. The lowest BCUT2D eigenvalue weighted by Gasteiger charge is -2.11. The molecule has 0 aliphatic heterocycles. The van der Waals surface area contributed by atoms with Gasteiger partial charge in [-0.05, 0) is 36.4 Å². The third-order valence-corrected chi connectivity index (χ3v) is 3.71. The number of carboxylic acids is 1. The normalized spacial score (nSPS) is 11.1. The van der Waals surface area contributed by atoms with Crippen LogP contribution in [0.5, 0.6) is 5.75 Å². The molecule has 1 amide bonds. The predicted molar refractivity (Wildman–Crippen MR) is 107 cm³/mol. The summed E-state index contributed by atoms with van der Waals surface area (Å²) < 4.78 is 18.3. The summed E-state index contributed by atoms with van der Waals surface area (Å²) in [6.07, 6.45) is 0.793. The Labute approximate surface area is 170 Å². The molecule has 0 saturated carbocycles. The lowest BCUT2D eigenvalue weighted by Crippen LogP contribution is -2.33. The highest BCUT2D eigenvalue weighted by molar-refractivity contribution is 6.21. The van der Waals surface area contributed by atoms with Gasteiger partial charge in [-0.25, -0.2) is 4.39 Å². The first-order valence-corrected chi connectivity index (χ1v) is 8.59. The van der Waals surface area contributed by atoms with Crippen molar-refractivity contribution in [2.45, 2.75) is 0 Å². The molecule has 2 aromatic carbocycles. The minimum absolute atomic E-state index is 0.0963. The fourth-order valence-corrected chi connectivity index (χ4v) is 2.28. The van der Waals surface area contributed by atoms with E-state index < -0.39 is 36.6 Å². The van der Waals surface area contributed by atoms with E-state index in [2.05, 4.69) is 10.6 Å². The summed E-state index contributed by atoms with van der Waals surface area (Å²) in [7, 11) is 0. The Morgan fingerprint density at radius 3 is 2.50 bits per heavy atom. The van der Waals surface area contributed by atoms with Gasteiger partial charge >= 0.3 is 5.97 Å². The summed E-state index contributed by atoms with van der Waals surface area (Å²) in [5, 5.41) is 20.9. The van der Waals surface area contributed by atoms with Crippen LogP contribution in [-0.4, -0.2) is 42.1 Å². The average Bonchev–Trinajstić information content (AvgIpc) is 2.73. The third kappa shape index (κ3) is 6.44. The number of amides is 1. The molecule has 0 aliphatic carbocycles. The largest absolute Gasteiger partial charge is 0.484 e. The van der Waals surface area contributed by atoms with Crippen LogP contribution in [0, 0.1) is 11.2 Å². The molecule has 0 heterocycles. The van der Waals surface area contributed by atoms with Crippen molar-refractivity contribution < 1.29 is 28.6 Å². The zero-order valence-electron chi connectivity index (χ0n) is 15.6. The second-order valence-electron chi connectivity index (χ2n) is 5.92. The number of carboxylic acid groups (broad SMARTS) is 1. The number of nitrogens with one attached hydrogen (secondary N) is 3. The van der Waals surface area contributed by atoms with Crippen LogP contribution >= 0.6 is 0 Å². The van der Waals surface area contributed by atoms with Crippen LogP contribution in [0.4, 0.5) is 10.1 Å². The van der Waals surface area contributed by atoms with Gasteiger partial charge in [0.05, 0.1) is 5.57 Å². The molecule has 0 aliphatic rings. The highest BCUT2D eigenvalue weighted by Crippen LogP contribution is 2.18. The maximum Gasteiger partial charge on any atom is 0.322 e. The van der Waals surface area contributed by atoms with Gasteiger partial charge in [0.2, 0.25) is 0 Å². The number of hydrogen-bond donors (Lipinski definition) is 5. The fourth-order valence-electron chi connectivity index (χ4n) is 2.28. The van der Waals surface area contributed by atoms with Crippen molar-refractivity contribution >= 4 is 29.6 Å². The summed E-state index contributed by atoms with van der Waals surface area (Å²) in [6, 6.07) is 11.2. The Balaban J connectivity index is 2.11. The van der Waals surface area contributed by atoms with Crippen LogP contribution in [0.3, 0.4) is 0 Å². The molecule has 0 aromatic heterocycles. The van der Waals surface area contributed by atoms with E-state index in [9.17, 15) is 18.8 Å². The number of Topliss-reactive ketones (excluding diaryl/α,β-unsaturated/α-hetero) is 1. The van der Waals surface area contributed by atoms with Gasteiger partial charge in [0.1, 0.15) is 23.9 Å². The van der Waals surface area contributed by atoms with E-state index in [1.807, 2.05) is 0 Å². The quantitative estimate of drug-likeness (QED) is 0.224. The molecule has 30 heavy (non-hydrogen) atoms. The van der Waals surface area contributed by atoms with Gasteiger partial charge in [0.15, 0.2) is 12.4 Å². The Morgan fingerprint density at radius 2 is 1.87 bits per heavy atom. The van der Waals surface area contributed by atoms with Gasteiger partial charge in [-0.1, -0.05) is 12.1 Å². The van der Waals surface area contributed by atoms with Gasteiger partial charge in [-0.15, -0.1) is 0 Å². The molecule has 9 nitrogen and oxygen atoms in total. The zero-order valence-corrected chi connectivity index (χ0v) is 15.6. The molecule has 0 fully saturated rings. The van der Waals surface area contributed by atoms with Crippen LogP contribution in [0.15, 0.2) is 59.9 Å². The number of hydrogen-bond acceptors (Lipinski definition) is 7. The van der Waals surface area contributed by atoms with Crippen LogP contribution in [-0.2, 0) is 9.59 Å². The number of rotatable bonds is 10. The van der Waals surface area contributed by atoms with E-state index in [0.29, 0.717) is 5.69 Å². The molecule has 0 saturated heterocycles. The summed E-state index contributed by atoms with van der Waals surface area (Å²) in [6.45, 7) is -0.971. The Morgan fingerprint density at radius 1 is 1.17 bits per heavy atom. The Hall–Kier alpha value is -4.21. The number of carbonyl (C=O) groups is 3. The lowest BCUT2D eigenvalue weighted by atomic mass is 10.0. The van der Waals surface area contributed by atoms with Gasteiger partial charge in [0.25, 0.3) is 5.91 Å². The summed E-state index contributed by atoms with van der Waals surface area (Å²) >= 11 is 0. The first kappa shape index (κ1) is 22.1. The molecular weight excluding hydrogens is 395 g/mol. The van der Waals surface area contributed by atoms with E-state index in [0.717, 1.165) is 6.21 Å². The predicted octanol–water partition coefficient (Wildman–Crippen LogP) is 1.52. The van der Waals surface area contributed by atoms with Crippen LogP contribution < -0.4 is 21.1 Å². The highest BCUT2D eigenvalue weighted by atomic mass is 19.1. The molecule has 156 valence electrons. The monoisotopic (exact) mass is 414 g/mol. The van der Waals surface area contributed by atoms with Gasteiger partial charge in [-0.2, -0.15) is 0 Å². The van der Waals surface area contributed by atoms with Crippen molar-refractivity contribution in [3.05, 3.63) is 71.3 Å². The number of anilines is 1. The van der Waals surface area contributed by atoms with Crippen molar-refractivity contribution in [3.63, 3.8) is 0 Å². The van der Waals surface area contributed by atoms with E-state index in [1.54, 1.807) is 0 Å². The number of benzene rings is 2. The van der Waals surface area contributed by atoms with Crippen LogP contribution in [0.2, 0.25) is 0 Å². The molecule has 6 N–H and O–H groups in total. The number of ketones is 1. The van der Waals surface area contributed by atoms with Crippen molar-refractivity contribution in [2.75, 3.05) is 18.5 Å². The minimum Gasteiger partial charge on any atom is -0.484 e. The second-order valence-corrected chi connectivity index (χ2v) is 5.92. The average molecular weight is 414 g/mol. The van der Waals surface area contributed by atoms with Crippen molar-refractivity contribution in [3.8, 4) is 5.75 Å². The molecular formula is C20H19FN4O5. The molecule has 0 spiro atoms. The minimum atomic E-state index is -1.19. The molecule has 0 unspecified atom stereocenters. The first-order valence-electron chi connectivity index (χ1n) is 8.59. The third-order valence-electron chi connectivity index (χ3n) is 3.71.